The Balaban J connectivity index is 2.26. The number of amides is 1. The summed E-state index contributed by atoms with van der Waals surface area (Å²) in [6, 6.07) is 4.39. The van der Waals surface area contributed by atoms with Crippen LogP contribution in [0.1, 0.15) is 26.6 Å². The molecule has 0 radical (unpaired) electrons. The van der Waals surface area contributed by atoms with Gasteiger partial charge in [-0.15, -0.1) is 16.9 Å². The van der Waals surface area contributed by atoms with Gasteiger partial charge in [0.2, 0.25) is 5.91 Å². The van der Waals surface area contributed by atoms with Crippen LogP contribution in [0.25, 0.3) is 5.69 Å². The zero-order valence-corrected chi connectivity index (χ0v) is 14.4. The molecule has 124 valence electrons. The van der Waals surface area contributed by atoms with E-state index in [-0.39, 0.29) is 22.8 Å². The first kappa shape index (κ1) is 17.4. The van der Waals surface area contributed by atoms with E-state index in [2.05, 4.69) is 20.8 Å². The van der Waals surface area contributed by atoms with Gasteiger partial charge in [0.15, 0.2) is 5.82 Å². The molecule has 1 heterocycles. The van der Waals surface area contributed by atoms with E-state index in [1.54, 1.807) is 24.8 Å². The second kappa shape index (κ2) is 7.54. The summed E-state index contributed by atoms with van der Waals surface area (Å²) >= 11 is 1.55. The fraction of sp³-hybridized carbons (Fsp3) is 0.467. The molecule has 1 unspecified atom stereocenters. The number of rotatable bonds is 6. The second-order valence-electron chi connectivity index (χ2n) is 5.41. The third-order valence-electron chi connectivity index (χ3n) is 3.29. The number of benzene rings is 1. The van der Waals surface area contributed by atoms with E-state index in [1.807, 2.05) is 20.8 Å². The molecule has 2 rings (SSSR count). The van der Waals surface area contributed by atoms with Crippen molar-refractivity contribution in [3.63, 3.8) is 0 Å². The predicted molar refractivity (Wildman–Crippen MR) is 89.2 cm³/mol. The fourth-order valence-corrected chi connectivity index (χ4v) is 3.12. The summed E-state index contributed by atoms with van der Waals surface area (Å²) in [6.45, 7) is 7.69. The Labute approximate surface area is 138 Å². The van der Waals surface area contributed by atoms with E-state index in [9.17, 15) is 9.18 Å². The van der Waals surface area contributed by atoms with Crippen molar-refractivity contribution < 1.29 is 9.18 Å². The number of nitrogens with zero attached hydrogens (tertiary/aromatic N) is 4. The van der Waals surface area contributed by atoms with Crippen LogP contribution in [0.4, 0.5) is 10.1 Å². The first-order valence-electron chi connectivity index (χ1n) is 7.41. The van der Waals surface area contributed by atoms with Crippen LogP contribution in [-0.2, 0) is 4.79 Å². The highest BCUT2D eigenvalue weighted by molar-refractivity contribution is 8.00. The highest BCUT2D eigenvalue weighted by Crippen LogP contribution is 2.24. The number of anilines is 1. The standard InChI is InChI=1S/C15H20FN5OS/c1-5-23-14(9(2)3)15(22)17-13-8-11(6-7-12(13)16)21-10(4)18-19-20-21/h6-9,14H,5H2,1-4H3,(H,17,22). The molecule has 0 aliphatic rings. The van der Waals surface area contributed by atoms with Gasteiger partial charge in [0.25, 0.3) is 0 Å². The normalized spacial score (nSPS) is 12.4. The number of nitrogens with one attached hydrogen (secondary N) is 1. The minimum absolute atomic E-state index is 0.129. The Morgan fingerprint density at radius 2 is 2.17 bits per heavy atom. The average Bonchev–Trinajstić information content (AvgIpc) is 2.92. The lowest BCUT2D eigenvalue weighted by atomic mass is 10.1. The molecular formula is C15H20FN5OS. The first-order valence-corrected chi connectivity index (χ1v) is 8.46. The third-order valence-corrected chi connectivity index (χ3v) is 4.74. The van der Waals surface area contributed by atoms with E-state index in [1.165, 1.54) is 16.8 Å². The molecule has 23 heavy (non-hydrogen) atoms. The summed E-state index contributed by atoms with van der Waals surface area (Å²) in [5, 5.41) is 13.7. The molecule has 0 aliphatic carbocycles. The summed E-state index contributed by atoms with van der Waals surface area (Å²) in [4.78, 5) is 12.4. The monoisotopic (exact) mass is 337 g/mol. The van der Waals surface area contributed by atoms with Crippen molar-refractivity contribution in [1.29, 1.82) is 0 Å². The van der Waals surface area contributed by atoms with E-state index >= 15 is 0 Å². The van der Waals surface area contributed by atoms with Gasteiger partial charge in [-0.1, -0.05) is 20.8 Å². The van der Waals surface area contributed by atoms with Crippen molar-refractivity contribution in [2.45, 2.75) is 32.9 Å². The van der Waals surface area contributed by atoms with Gasteiger partial charge in [0.05, 0.1) is 16.6 Å². The van der Waals surface area contributed by atoms with Crippen molar-refractivity contribution in [3.05, 3.63) is 29.8 Å². The van der Waals surface area contributed by atoms with Crippen LogP contribution >= 0.6 is 11.8 Å². The molecule has 1 amide bonds. The van der Waals surface area contributed by atoms with Crippen LogP contribution in [0.15, 0.2) is 18.2 Å². The van der Waals surface area contributed by atoms with E-state index in [0.717, 1.165) is 5.75 Å². The Morgan fingerprint density at radius 1 is 1.43 bits per heavy atom. The molecule has 0 fully saturated rings. The van der Waals surface area contributed by atoms with Gasteiger partial charge in [-0.2, -0.15) is 4.68 Å². The summed E-state index contributed by atoms with van der Waals surface area (Å²) in [6.07, 6.45) is 0. The van der Waals surface area contributed by atoms with Crippen LogP contribution < -0.4 is 5.32 Å². The molecule has 0 aliphatic heterocycles. The largest absolute Gasteiger partial charge is 0.323 e. The number of aromatic nitrogens is 4. The molecule has 2 aromatic rings. The molecule has 0 saturated carbocycles. The molecule has 8 heteroatoms. The number of carbonyl (C=O) groups is 1. The Morgan fingerprint density at radius 3 is 2.74 bits per heavy atom. The maximum Gasteiger partial charge on any atom is 0.237 e. The zero-order chi connectivity index (χ0) is 17.0. The molecule has 1 atom stereocenters. The highest BCUT2D eigenvalue weighted by atomic mass is 32.2. The number of carbonyl (C=O) groups excluding carboxylic acids is 1. The van der Waals surface area contributed by atoms with Gasteiger partial charge in [-0.25, -0.2) is 4.39 Å². The highest BCUT2D eigenvalue weighted by Gasteiger charge is 2.23. The molecular weight excluding hydrogens is 317 g/mol. The summed E-state index contributed by atoms with van der Waals surface area (Å²) in [5.41, 5.74) is 0.721. The van der Waals surface area contributed by atoms with Crippen molar-refractivity contribution >= 4 is 23.4 Å². The molecule has 0 spiro atoms. The molecule has 0 bridgehead atoms. The van der Waals surface area contributed by atoms with Crippen molar-refractivity contribution in [2.75, 3.05) is 11.1 Å². The number of aryl methyl sites for hydroxylation is 1. The van der Waals surface area contributed by atoms with Crippen LogP contribution in [0.2, 0.25) is 0 Å². The average molecular weight is 337 g/mol. The first-order chi connectivity index (χ1) is 10.9. The summed E-state index contributed by atoms with van der Waals surface area (Å²) in [5.74, 6) is 0.874. The molecule has 1 aromatic heterocycles. The van der Waals surface area contributed by atoms with Gasteiger partial charge in [-0.3, -0.25) is 4.79 Å². The third kappa shape index (κ3) is 4.07. The lowest BCUT2D eigenvalue weighted by Crippen LogP contribution is -2.30. The Kier molecular flexibility index (Phi) is 5.70. The number of halogens is 1. The van der Waals surface area contributed by atoms with Gasteiger partial charge in [0.1, 0.15) is 5.82 Å². The van der Waals surface area contributed by atoms with Gasteiger partial charge in [-0.05, 0) is 47.2 Å². The maximum atomic E-state index is 14.0. The van der Waals surface area contributed by atoms with Gasteiger partial charge >= 0.3 is 0 Å². The molecule has 1 aromatic carbocycles. The number of thioether (sulfide) groups is 1. The minimum atomic E-state index is -0.489. The van der Waals surface area contributed by atoms with Crippen molar-refractivity contribution in [1.82, 2.24) is 20.2 Å². The number of hydrogen-bond donors (Lipinski definition) is 1. The molecule has 1 N–H and O–H groups in total. The zero-order valence-electron chi connectivity index (χ0n) is 13.6. The van der Waals surface area contributed by atoms with Crippen LogP contribution in [0.3, 0.4) is 0 Å². The second-order valence-corrected chi connectivity index (χ2v) is 6.83. The lowest BCUT2D eigenvalue weighted by molar-refractivity contribution is -0.116. The molecule has 0 saturated heterocycles. The number of hydrogen-bond acceptors (Lipinski definition) is 5. The lowest BCUT2D eigenvalue weighted by Gasteiger charge is -2.19. The summed E-state index contributed by atoms with van der Waals surface area (Å²) in [7, 11) is 0. The van der Waals surface area contributed by atoms with E-state index in [0.29, 0.717) is 11.5 Å². The number of tetrazole rings is 1. The van der Waals surface area contributed by atoms with Crippen molar-refractivity contribution in [2.24, 2.45) is 5.92 Å². The van der Waals surface area contributed by atoms with Crippen LogP contribution in [-0.4, -0.2) is 37.1 Å². The van der Waals surface area contributed by atoms with Gasteiger partial charge < -0.3 is 5.32 Å². The van der Waals surface area contributed by atoms with Crippen molar-refractivity contribution in [3.8, 4) is 5.69 Å². The fourth-order valence-electron chi connectivity index (χ4n) is 2.17. The molecule has 6 nitrogen and oxygen atoms in total. The quantitative estimate of drug-likeness (QED) is 0.877. The van der Waals surface area contributed by atoms with Gasteiger partial charge in [0, 0.05) is 0 Å². The van der Waals surface area contributed by atoms with Crippen LogP contribution in [0.5, 0.6) is 0 Å². The van der Waals surface area contributed by atoms with E-state index in [4.69, 9.17) is 0 Å². The predicted octanol–water partition coefficient (Wildman–Crippen LogP) is 2.83. The topological polar surface area (TPSA) is 72.7 Å². The maximum absolute atomic E-state index is 14.0. The summed E-state index contributed by atoms with van der Waals surface area (Å²) < 4.78 is 15.5. The minimum Gasteiger partial charge on any atom is -0.323 e. The Bertz CT molecular complexity index is 688. The smallest absolute Gasteiger partial charge is 0.237 e. The Hall–Kier alpha value is -1.96. The SMILES string of the molecule is CCSC(C(=O)Nc1cc(-n2nnnc2C)ccc1F)C(C)C. The van der Waals surface area contributed by atoms with E-state index < -0.39 is 5.82 Å². The van der Waals surface area contributed by atoms with Crippen LogP contribution in [0, 0.1) is 18.7 Å².